The zero-order valence-corrected chi connectivity index (χ0v) is 17.5. The van der Waals surface area contributed by atoms with Crippen molar-refractivity contribution in [1.82, 2.24) is 15.1 Å². The van der Waals surface area contributed by atoms with Crippen LogP contribution in [0.3, 0.4) is 0 Å². The van der Waals surface area contributed by atoms with Crippen LogP contribution >= 0.6 is 24.0 Å². The number of rotatable bonds is 8. The molecule has 0 aromatic carbocycles. The van der Waals surface area contributed by atoms with Crippen molar-refractivity contribution in [3.63, 3.8) is 0 Å². The molecule has 6 heteroatoms. The van der Waals surface area contributed by atoms with E-state index in [1.165, 1.54) is 19.3 Å². The Hall–Kier alpha value is -0.530. The summed E-state index contributed by atoms with van der Waals surface area (Å²) in [6, 6.07) is 0. The number of unbranched alkanes of at least 4 members (excludes halogenated alkanes) is 1. The quantitative estimate of drug-likeness (QED) is 0.274. The van der Waals surface area contributed by atoms with Crippen LogP contribution in [-0.2, 0) is 4.79 Å². The third-order valence-corrected chi connectivity index (χ3v) is 4.06. The fourth-order valence-electron chi connectivity index (χ4n) is 2.69. The number of aliphatic imine (C=N–C) groups is 1. The Morgan fingerprint density at radius 1 is 1.26 bits per heavy atom. The highest BCUT2D eigenvalue weighted by Crippen LogP contribution is 2.11. The number of hydrogen-bond acceptors (Lipinski definition) is 2. The van der Waals surface area contributed by atoms with E-state index < -0.39 is 0 Å². The Labute approximate surface area is 159 Å². The Kier molecular flexibility index (Phi) is 13.5. The summed E-state index contributed by atoms with van der Waals surface area (Å²) in [5.74, 6) is 1.31. The van der Waals surface area contributed by atoms with Gasteiger partial charge in [0, 0.05) is 46.2 Å². The van der Waals surface area contributed by atoms with Crippen molar-refractivity contribution in [2.75, 3.05) is 39.8 Å². The van der Waals surface area contributed by atoms with Gasteiger partial charge in [0.15, 0.2) is 5.96 Å². The molecule has 0 aromatic rings. The molecule has 0 radical (unpaired) electrons. The maximum Gasteiger partial charge on any atom is 0.222 e. The summed E-state index contributed by atoms with van der Waals surface area (Å²) in [6.07, 6.45) is 7.45. The summed E-state index contributed by atoms with van der Waals surface area (Å²) in [6.45, 7) is 8.78. The van der Waals surface area contributed by atoms with Gasteiger partial charge in [-0.25, -0.2) is 0 Å². The Bertz CT molecular complexity index is 349. The first-order chi connectivity index (χ1) is 10.7. The highest BCUT2D eigenvalue weighted by Gasteiger charge is 2.15. The largest absolute Gasteiger partial charge is 0.357 e. The number of nitrogens with zero attached hydrogens (tertiary/aromatic N) is 3. The van der Waals surface area contributed by atoms with E-state index in [0.717, 1.165) is 64.4 Å². The highest BCUT2D eigenvalue weighted by atomic mass is 127. The molecule has 0 bridgehead atoms. The van der Waals surface area contributed by atoms with Crippen molar-refractivity contribution in [2.45, 2.75) is 58.8 Å². The van der Waals surface area contributed by atoms with E-state index in [4.69, 9.17) is 4.99 Å². The van der Waals surface area contributed by atoms with Crippen LogP contribution in [0.25, 0.3) is 0 Å². The van der Waals surface area contributed by atoms with Crippen LogP contribution in [0.4, 0.5) is 0 Å². The molecule has 5 nitrogen and oxygen atoms in total. The second kappa shape index (κ2) is 13.9. The van der Waals surface area contributed by atoms with Crippen LogP contribution in [0.15, 0.2) is 4.99 Å². The third kappa shape index (κ3) is 9.37. The van der Waals surface area contributed by atoms with Crippen LogP contribution in [0, 0.1) is 0 Å². The number of halogens is 1. The molecule has 23 heavy (non-hydrogen) atoms. The lowest BCUT2D eigenvalue weighted by Gasteiger charge is -2.22. The van der Waals surface area contributed by atoms with Gasteiger partial charge >= 0.3 is 0 Å². The third-order valence-electron chi connectivity index (χ3n) is 4.06. The molecule has 0 unspecified atom stereocenters. The zero-order chi connectivity index (χ0) is 16.2. The van der Waals surface area contributed by atoms with Crippen molar-refractivity contribution in [1.29, 1.82) is 0 Å². The number of carbonyl (C=O) groups excluding carboxylic acids is 1. The molecule has 1 N–H and O–H groups in total. The van der Waals surface area contributed by atoms with Crippen molar-refractivity contribution in [3.05, 3.63) is 0 Å². The van der Waals surface area contributed by atoms with Gasteiger partial charge in [0.1, 0.15) is 0 Å². The summed E-state index contributed by atoms with van der Waals surface area (Å²) in [5.41, 5.74) is 0. The van der Waals surface area contributed by atoms with Gasteiger partial charge < -0.3 is 15.1 Å². The number of hydrogen-bond donors (Lipinski definition) is 1. The SMILES string of the molecule is CCCCN(C)C(=NCCCN1CCCCCC1=O)NCC.I. The molecule has 1 aliphatic heterocycles. The predicted molar refractivity (Wildman–Crippen MR) is 109 cm³/mol. The molecular weight excluding hydrogens is 403 g/mol. The number of guanidine groups is 1. The molecule has 0 spiro atoms. The fourth-order valence-corrected chi connectivity index (χ4v) is 2.69. The van der Waals surface area contributed by atoms with E-state index in [-0.39, 0.29) is 24.0 Å². The van der Waals surface area contributed by atoms with E-state index in [1.807, 2.05) is 4.90 Å². The minimum atomic E-state index is 0. The summed E-state index contributed by atoms with van der Waals surface area (Å²) >= 11 is 0. The molecule has 1 aliphatic rings. The van der Waals surface area contributed by atoms with Crippen molar-refractivity contribution >= 4 is 35.8 Å². The second-order valence-corrected chi connectivity index (χ2v) is 6.06. The topological polar surface area (TPSA) is 47.9 Å². The molecule has 0 saturated carbocycles. The molecule has 1 fully saturated rings. The molecule has 1 amide bonds. The van der Waals surface area contributed by atoms with Gasteiger partial charge in [0.2, 0.25) is 5.91 Å². The maximum absolute atomic E-state index is 11.9. The molecule has 1 rings (SSSR count). The number of amides is 1. The number of likely N-dealkylation sites (tertiary alicyclic amines) is 1. The minimum Gasteiger partial charge on any atom is -0.357 e. The van der Waals surface area contributed by atoms with E-state index in [0.29, 0.717) is 5.91 Å². The van der Waals surface area contributed by atoms with Crippen molar-refractivity contribution < 1.29 is 4.79 Å². The predicted octanol–water partition coefficient (Wildman–Crippen LogP) is 3.09. The first kappa shape index (κ1) is 22.5. The first-order valence-corrected chi connectivity index (χ1v) is 8.96. The van der Waals surface area contributed by atoms with Crippen molar-refractivity contribution in [3.8, 4) is 0 Å². The Morgan fingerprint density at radius 2 is 2.04 bits per heavy atom. The van der Waals surface area contributed by atoms with E-state index in [2.05, 4.69) is 31.1 Å². The van der Waals surface area contributed by atoms with Crippen LogP contribution in [0.1, 0.15) is 58.8 Å². The Morgan fingerprint density at radius 3 is 2.74 bits per heavy atom. The van der Waals surface area contributed by atoms with Gasteiger partial charge in [-0.3, -0.25) is 9.79 Å². The van der Waals surface area contributed by atoms with Gasteiger partial charge in [0.05, 0.1) is 0 Å². The van der Waals surface area contributed by atoms with Crippen LogP contribution < -0.4 is 5.32 Å². The lowest BCUT2D eigenvalue weighted by Crippen LogP contribution is -2.39. The fraction of sp³-hybridized carbons (Fsp3) is 0.882. The molecule has 136 valence electrons. The maximum atomic E-state index is 11.9. The van der Waals surface area contributed by atoms with Gasteiger partial charge in [0.25, 0.3) is 0 Å². The van der Waals surface area contributed by atoms with E-state index in [1.54, 1.807) is 0 Å². The first-order valence-electron chi connectivity index (χ1n) is 8.96. The van der Waals surface area contributed by atoms with Crippen LogP contribution in [0.5, 0.6) is 0 Å². The van der Waals surface area contributed by atoms with Gasteiger partial charge in [-0.05, 0) is 32.6 Å². The van der Waals surface area contributed by atoms with Gasteiger partial charge in [-0.1, -0.05) is 19.8 Å². The van der Waals surface area contributed by atoms with Crippen LogP contribution in [0.2, 0.25) is 0 Å². The molecular formula is C17H35IN4O. The van der Waals surface area contributed by atoms with Crippen molar-refractivity contribution in [2.24, 2.45) is 4.99 Å². The molecule has 1 saturated heterocycles. The normalized spacial score (nSPS) is 15.9. The molecule has 1 heterocycles. The molecule has 0 aliphatic carbocycles. The summed E-state index contributed by atoms with van der Waals surface area (Å²) in [4.78, 5) is 20.9. The Balaban J connectivity index is 0.00000484. The number of nitrogens with one attached hydrogen (secondary N) is 1. The standard InChI is InChI=1S/C17H34N4O.HI/c1-4-6-13-20(3)17(18-5-2)19-12-10-15-21-14-9-7-8-11-16(21)22;/h4-15H2,1-3H3,(H,18,19);1H. The molecule has 0 atom stereocenters. The summed E-state index contributed by atoms with van der Waals surface area (Å²) in [5, 5.41) is 3.34. The van der Waals surface area contributed by atoms with E-state index in [9.17, 15) is 4.79 Å². The summed E-state index contributed by atoms with van der Waals surface area (Å²) in [7, 11) is 2.09. The zero-order valence-electron chi connectivity index (χ0n) is 15.1. The molecule has 0 aromatic heterocycles. The second-order valence-electron chi connectivity index (χ2n) is 6.06. The minimum absolute atomic E-state index is 0. The average Bonchev–Trinajstić information content (AvgIpc) is 2.72. The van der Waals surface area contributed by atoms with Gasteiger partial charge in [-0.2, -0.15) is 0 Å². The van der Waals surface area contributed by atoms with Crippen LogP contribution in [-0.4, -0.2) is 61.4 Å². The lowest BCUT2D eigenvalue weighted by molar-refractivity contribution is -0.130. The highest BCUT2D eigenvalue weighted by molar-refractivity contribution is 14.0. The average molecular weight is 438 g/mol. The van der Waals surface area contributed by atoms with E-state index >= 15 is 0 Å². The summed E-state index contributed by atoms with van der Waals surface area (Å²) < 4.78 is 0. The number of carbonyl (C=O) groups is 1. The monoisotopic (exact) mass is 438 g/mol. The lowest BCUT2D eigenvalue weighted by atomic mass is 10.2. The van der Waals surface area contributed by atoms with Gasteiger partial charge in [-0.15, -0.1) is 24.0 Å². The smallest absolute Gasteiger partial charge is 0.222 e.